The maximum Gasteiger partial charge on any atom is 0.236 e. The Kier molecular flexibility index (Phi) is 5.59. The minimum atomic E-state index is 0.202. The fourth-order valence-electron chi connectivity index (χ4n) is 2.32. The largest absolute Gasteiger partial charge is 0.492 e. The molecule has 1 amide bonds. The Morgan fingerprint density at radius 1 is 1.33 bits per heavy atom. The summed E-state index contributed by atoms with van der Waals surface area (Å²) in [6.45, 7) is 3.45. The van der Waals surface area contributed by atoms with E-state index in [0.29, 0.717) is 25.3 Å². The van der Waals surface area contributed by atoms with Gasteiger partial charge in [-0.2, -0.15) is 5.26 Å². The predicted octanol–water partition coefficient (Wildman–Crippen LogP) is 1.49. The topological polar surface area (TPSA) is 56.6 Å². The summed E-state index contributed by atoms with van der Waals surface area (Å²) in [5.41, 5.74) is 0.621. The van der Waals surface area contributed by atoms with Crippen LogP contribution in [0.1, 0.15) is 18.4 Å². The fourth-order valence-corrected chi connectivity index (χ4v) is 2.32. The number of hydrogen-bond donors (Lipinski definition) is 0. The Morgan fingerprint density at radius 3 is 2.62 bits per heavy atom. The monoisotopic (exact) mass is 287 g/mol. The molecule has 21 heavy (non-hydrogen) atoms. The molecule has 0 aliphatic carbocycles. The molecule has 1 aromatic carbocycles. The van der Waals surface area contributed by atoms with Crippen molar-refractivity contribution in [2.75, 3.05) is 39.8 Å². The highest BCUT2D eigenvalue weighted by Gasteiger charge is 2.18. The van der Waals surface area contributed by atoms with Crippen LogP contribution in [0.25, 0.3) is 0 Å². The molecule has 0 saturated carbocycles. The molecule has 5 heteroatoms. The highest BCUT2D eigenvalue weighted by molar-refractivity contribution is 5.78. The third-order valence-electron chi connectivity index (χ3n) is 3.59. The van der Waals surface area contributed by atoms with Gasteiger partial charge in [0.05, 0.1) is 18.2 Å². The van der Waals surface area contributed by atoms with E-state index in [0.717, 1.165) is 31.7 Å². The second-order valence-corrected chi connectivity index (χ2v) is 5.31. The molecule has 1 saturated heterocycles. The molecule has 1 aliphatic rings. The smallest absolute Gasteiger partial charge is 0.236 e. The van der Waals surface area contributed by atoms with Crippen molar-refractivity contribution in [3.05, 3.63) is 29.8 Å². The van der Waals surface area contributed by atoms with E-state index < -0.39 is 0 Å². The molecule has 0 unspecified atom stereocenters. The number of likely N-dealkylation sites (tertiary alicyclic amines) is 1. The van der Waals surface area contributed by atoms with E-state index in [9.17, 15) is 4.79 Å². The molecule has 5 nitrogen and oxygen atoms in total. The van der Waals surface area contributed by atoms with E-state index in [1.807, 2.05) is 16.8 Å². The number of benzene rings is 1. The lowest BCUT2D eigenvalue weighted by Crippen LogP contribution is -2.38. The Balaban J connectivity index is 1.67. The number of rotatable bonds is 6. The number of amides is 1. The third kappa shape index (κ3) is 4.76. The normalized spacial score (nSPS) is 14.2. The number of carbonyl (C=O) groups is 1. The maximum absolute atomic E-state index is 12.0. The summed E-state index contributed by atoms with van der Waals surface area (Å²) in [4.78, 5) is 15.9. The standard InChI is InChI=1S/C16H21N3O2/c1-18(13-16(20)19-8-2-3-9-19)10-11-21-15-6-4-14(12-17)5-7-15/h4-7H,2-3,8-11,13H2,1H3. The molecule has 0 radical (unpaired) electrons. The van der Waals surface area contributed by atoms with E-state index >= 15 is 0 Å². The van der Waals surface area contributed by atoms with Crippen molar-refractivity contribution in [3.63, 3.8) is 0 Å². The molecular formula is C16H21N3O2. The van der Waals surface area contributed by atoms with Gasteiger partial charge in [-0.1, -0.05) is 0 Å². The Labute approximate surface area is 125 Å². The van der Waals surface area contributed by atoms with Crippen LogP contribution in [0.5, 0.6) is 5.75 Å². The first kappa shape index (κ1) is 15.3. The number of likely N-dealkylation sites (N-methyl/N-ethyl adjacent to an activating group) is 1. The van der Waals surface area contributed by atoms with Crippen molar-refractivity contribution in [1.29, 1.82) is 5.26 Å². The van der Waals surface area contributed by atoms with Crippen molar-refractivity contribution in [2.24, 2.45) is 0 Å². The number of ether oxygens (including phenoxy) is 1. The van der Waals surface area contributed by atoms with Gasteiger partial charge in [0.15, 0.2) is 0 Å². The molecule has 1 aromatic rings. The molecule has 0 bridgehead atoms. The summed E-state index contributed by atoms with van der Waals surface area (Å²) in [6.07, 6.45) is 2.24. The molecule has 0 atom stereocenters. The van der Waals surface area contributed by atoms with Crippen LogP contribution < -0.4 is 4.74 Å². The lowest BCUT2D eigenvalue weighted by molar-refractivity contribution is -0.131. The van der Waals surface area contributed by atoms with Crippen molar-refractivity contribution in [2.45, 2.75) is 12.8 Å². The van der Waals surface area contributed by atoms with Gasteiger partial charge >= 0.3 is 0 Å². The second-order valence-electron chi connectivity index (χ2n) is 5.31. The third-order valence-corrected chi connectivity index (χ3v) is 3.59. The summed E-state index contributed by atoms with van der Waals surface area (Å²) >= 11 is 0. The average molecular weight is 287 g/mol. The van der Waals surface area contributed by atoms with Crippen molar-refractivity contribution >= 4 is 5.91 Å². The highest BCUT2D eigenvalue weighted by atomic mass is 16.5. The molecular weight excluding hydrogens is 266 g/mol. The summed E-state index contributed by atoms with van der Waals surface area (Å²) in [7, 11) is 1.93. The summed E-state index contributed by atoms with van der Waals surface area (Å²) in [5, 5.41) is 8.72. The van der Waals surface area contributed by atoms with E-state index in [2.05, 4.69) is 6.07 Å². The van der Waals surface area contributed by atoms with Crippen molar-refractivity contribution in [3.8, 4) is 11.8 Å². The number of nitrogens with zero attached hydrogens (tertiary/aromatic N) is 3. The van der Waals surface area contributed by atoms with Crippen LogP contribution in [0.4, 0.5) is 0 Å². The quantitative estimate of drug-likeness (QED) is 0.795. The molecule has 1 fully saturated rings. The minimum Gasteiger partial charge on any atom is -0.492 e. The van der Waals surface area contributed by atoms with Crippen molar-refractivity contribution in [1.82, 2.24) is 9.80 Å². The fraction of sp³-hybridized carbons (Fsp3) is 0.500. The summed E-state index contributed by atoms with van der Waals surface area (Å²) in [5.74, 6) is 0.946. The molecule has 0 N–H and O–H groups in total. The lowest BCUT2D eigenvalue weighted by atomic mass is 10.2. The van der Waals surface area contributed by atoms with E-state index in [-0.39, 0.29) is 5.91 Å². The van der Waals surface area contributed by atoms with Gasteiger partial charge in [-0.25, -0.2) is 0 Å². The molecule has 1 aliphatic heterocycles. The zero-order chi connectivity index (χ0) is 15.1. The Morgan fingerprint density at radius 2 is 2.00 bits per heavy atom. The zero-order valence-corrected chi connectivity index (χ0v) is 12.4. The SMILES string of the molecule is CN(CCOc1ccc(C#N)cc1)CC(=O)N1CCCC1. The predicted molar refractivity (Wildman–Crippen MR) is 80.0 cm³/mol. The summed E-state index contributed by atoms with van der Waals surface area (Å²) < 4.78 is 5.61. The first-order valence-corrected chi connectivity index (χ1v) is 7.28. The van der Waals surface area contributed by atoms with E-state index in [1.165, 1.54) is 0 Å². The van der Waals surface area contributed by atoms with E-state index in [4.69, 9.17) is 10.00 Å². The van der Waals surface area contributed by atoms with Gasteiger partial charge in [0, 0.05) is 19.6 Å². The molecule has 1 heterocycles. The minimum absolute atomic E-state index is 0.202. The Hall–Kier alpha value is -2.06. The molecule has 112 valence electrons. The van der Waals surface area contributed by atoms with E-state index in [1.54, 1.807) is 24.3 Å². The molecule has 0 spiro atoms. The van der Waals surface area contributed by atoms with Gasteiger partial charge in [-0.05, 0) is 44.2 Å². The number of hydrogen-bond acceptors (Lipinski definition) is 4. The lowest BCUT2D eigenvalue weighted by Gasteiger charge is -2.21. The molecule has 0 aromatic heterocycles. The number of nitriles is 1. The van der Waals surface area contributed by atoms with Crippen LogP contribution in [0.15, 0.2) is 24.3 Å². The van der Waals surface area contributed by atoms with Crippen LogP contribution in [-0.2, 0) is 4.79 Å². The van der Waals surface area contributed by atoms with Gasteiger partial charge in [-0.3, -0.25) is 9.69 Å². The van der Waals surface area contributed by atoms with Gasteiger partial charge in [0.2, 0.25) is 5.91 Å². The van der Waals surface area contributed by atoms with Gasteiger partial charge in [0.1, 0.15) is 12.4 Å². The van der Waals surface area contributed by atoms with Crippen LogP contribution in [-0.4, -0.2) is 55.5 Å². The maximum atomic E-state index is 12.0. The van der Waals surface area contributed by atoms with Crippen LogP contribution in [0.3, 0.4) is 0 Å². The van der Waals surface area contributed by atoms with Crippen LogP contribution >= 0.6 is 0 Å². The first-order valence-electron chi connectivity index (χ1n) is 7.28. The number of carbonyl (C=O) groups excluding carboxylic acids is 1. The van der Waals surface area contributed by atoms with Gasteiger partial charge in [0.25, 0.3) is 0 Å². The average Bonchev–Trinajstić information content (AvgIpc) is 3.02. The van der Waals surface area contributed by atoms with Gasteiger partial charge < -0.3 is 9.64 Å². The Bertz CT molecular complexity index is 501. The second kappa shape index (κ2) is 7.65. The zero-order valence-electron chi connectivity index (χ0n) is 12.4. The van der Waals surface area contributed by atoms with Gasteiger partial charge in [-0.15, -0.1) is 0 Å². The first-order chi connectivity index (χ1) is 10.2. The van der Waals surface area contributed by atoms with Crippen LogP contribution in [0, 0.1) is 11.3 Å². The van der Waals surface area contributed by atoms with Crippen LogP contribution in [0.2, 0.25) is 0 Å². The molecule has 2 rings (SSSR count). The summed E-state index contributed by atoms with van der Waals surface area (Å²) in [6, 6.07) is 9.11. The van der Waals surface area contributed by atoms with Crippen molar-refractivity contribution < 1.29 is 9.53 Å². The highest BCUT2D eigenvalue weighted by Crippen LogP contribution is 2.11.